The number of aliphatic hydroxyl groups is 1. The Balaban J connectivity index is 1.88. The van der Waals surface area contributed by atoms with E-state index in [1.807, 2.05) is 6.07 Å². The van der Waals surface area contributed by atoms with Crippen molar-refractivity contribution >= 4 is 5.82 Å². The van der Waals surface area contributed by atoms with Crippen molar-refractivity contribution in [3.05, 3.63) is 42.2 Å². The van der Waals surface area contributed by atoms with E-state index in [9.17, 15) is 9.50 Å². The summed E-state index contributed by atoms with van der Waals surface area (Å²) >= 11 is 0. The third-order valence-electron chi connectivity index (χ3n) is 2.95. The van der Waals surface area contributed by atoms with Crippen molar-refractivity contribution < 1.29 is 14.2 Å². The Hall–Kier alpha value is -2.05. The molecule has 1 atom stereocenters. The van der Waals surface area contributed by atoms with Crippen molar-refractivity contribution in [2.45, 2.75) is 12.5 Å². The van der Waals surface area contributed by atoms with Gasteiger partial charge in [0.15, 0.2) is 0 Å². The summed E-state index contributed by atoms with van der Waals surface area (Å²) in [6.45, 7) is 0.895. The number of aliphatic hydroxyl groups excluding tert-OH is 1. The van der Waals surface area contributed by atoms with E-state index >= 15 is 0 Å². The van der Waals surface area contributed by atoms with Gasteiger partial charge < -0.3 is 15.2 Å². The second-order valence-corrected chi connectivity index (χ2v) is 4.64. The number of methoxy groups -OCH3 is 1. The summed E-state index contributed by atoms with van der Waals surface area (Å²) < 4.78 is 17.7. The number of rotatable bonds is 7. The lowest BCUT2D eigenvalue weighted by Gasteiger charge is -2.10. The second-order valence-electron chi connectivity index (χ2n) is 4.64. The highest BCUT2D eigenvalue weighted by atomic mass is 19.1. The van der Waals surface area contributed by atoms with E-state index in [0.29, 0.717) is 31.1 Å². The van der Waals surface area contributed by atoms with Crippen LogP contribution in [0.3, 0.4) is 0 Å². The standard InChI is InChI=1S/C15H18FN3O2/c1-21-10-13(20)8-9-17-15-7-6-14(18-19-15)11-2-4-12(16)5-3-11/h2-7,13,20H,8-10H2,1H3,(H,17,19). The molecule has 6 heteroatoms. The predicted molar refractivity (Wildman–Crippen MR) is 78.4 cm³/mol. The minimum absolute atomic E-state index is 0.278. The average molecular weight is 291 g/mol. The zero-order valence-corrected chi connectivity index (χ0v) is 11.8. The highest BCUT2D eigenvalue weighted by Gasteiger charge is 2.04. The fourth-order valence-electron chi connectivity index (χ4n) is 1.84. The van der Waals surface area contributed by atoms with Gasteiger partial charge in [0.25, 0.3) is 0 Å². The van der Waals surface area contributed by atoms with E-state index in [0.717, 1.165) is 5.56 Å². The molecule has 0 fully saturated rings. The zero-order valence-electron chi connectivity index (χ0n) is 11.8. The maximum atomic E-state index is 12.9. The molecule has 2 N–H and O–H groups in total. The SMILES string of the molecule is COCC(O)CCNc1ccc(-c2ccc(F)cc2)nn1. The summed E-state index contributed by atoms with van der Waals surface area (Å²) in [5.74, 6) is 0.352. The summed E-state index contributed by atoms with van der Waals surface area (Å²) in [5.41, 5.74) is 1.49. The van der Waals surface area contributed by atoms with Crippen LogP contribution in [0.25, 0.3) is 11.3 Å². The lowest BCUT2D eigenvalue weighted by Crippen LogP contribution is -2.18. The van der Waals surface area contributed by atoms with Crippen molar-refractivity contribution in [2.24, 2.45) is 0 Å². The van der Waals surface area contributed by atoms with Crippen LogP contribution in [0.4, 0.5) is 10.2 Å². The minimum atomic E-state index is -0.492. The maximum absolute atomic E-state index is 12.9. The van der Waals surface area contributed by atoms with Gasteiger partial charge in [0.2, 0.25) is 0 Å². The Morgan fingerprint density at radius 3 is 2.57 bits per heavy atom. The van der Waals surface area contributed by atoms with Crippen LogP contribution in [0.15, 0.2) is 36.4 Å². The molecule has 0 aliphatic carbocycles. The van der Waals surface area contributed by atoms with Gasteiger partial charge in [-0.25, -0.2) is 4.39 Å². The second kappa shape index (κ2) is 7.66. The van der Waals surface area contributed by atoms with E-state index in [2.05, 4.69) is 15.5 Å². The first-order chi connectivity index (χ1) is 10.2. The molecule has 0 aliphatic heterocycles. The number of nitrogens with zero attached hydrogens (tertiary/aromatic N) is 2. The van der Waals surface area contributed by atoms with Crippen LogP contribution >= 0.6 is 0 Å². The lowest BCUT2D eigenvalue weighted by atomic mass is 10.1. The molecular weight excluding hydrogens is 273 g/mol. The highest BCUT2D eigenvalue weighted by molar-refractivity contribution is 5.59. The molecule has 0 bridgehead atoms. The van der Waals surface area contributed by atoms with Crippen molar-refractivity contribution in [3.8, 4) is 11.3 Å². The van der Waals surface area contributed by atoms with Gasteiger partial charge in [-0.3, -0.25) is 0 Å². The molecule has 1 heterocycles. The van der Waals surface area contributed by atoms with Crippen LogP contribution in [0.1, 0.15) is 6.42 Å². The molecule has 5 nitrogen and oxygen atoms in total. The van der Waals surface area contributed by atoms with Gasteiger partial charge in [-0.15, -0.1) is 10.2 Å². The van der Waals surface area contributed by atoms with Crippen LogP contribution in [-0.2, 0) is 4.74 Å². The monoisotopic (exact) mass is 291 g/mol. The van der Waals surface area contributed by atoms with E-state index in [1.54, 1.807) is 25.3 Å². The molecular formula is C15H18FN3O2. The summed E-state index contributed by atoms with van der Waals surface area (Å²) in [4.78, 5) is 0. The molecule has 0 saturated heterocycles. The van der Waals surface area contributed by atoms with Gasteiger partial charge in [-0.2, -0.15) is 0 Å². The number of benzene rings is 1. The van der Waals surface area contributed by atoms with E-state index in [4.69, 9.17) is 4.74 Å². The normalized spacial score (nSPS) is 12.1. The van der Waals surface area contributed by atoms with Gasteiger partial charge in [0.1, 0.15) is 11.6 Å². The number of hydrogen-bond donors (Lipinski definition) is 2. The van der Waals surface area contributed by atoms with Gasteiger partial charge in [0, 0.05) is 19.2 Å². The van der Waals surface area contributed by atoms with Crippen LogP contribution < -0.4 is 5.32 Å². The van der Waals surface area contributed by atoms with E-state index in [-0.39, 0.29) is 5.82 Å². The third kappa shape index (κ3) is 4.77. The third-order valence-corrected chi connectivity index (χ3v) is 2.95. The largest absolute Gasteiger partial charge is 0.391 e. The Bertz CT molecular complexity index is 546. The van der Waals surface area contributed by atoms with Crippen LogP contribution in [0.2, 0.25) is 0 Å². The Morgan fingerprint density at radius 1 is 1.19 bits per heavy atom. The van der Waals surface area contributed by atoms with Crippen LogP contribution in [0.5, 0.6) is 0 Å². The molecule has 112 valence electrons. The molecule has 1 aromatic carbocycles. The van der Waals surface area contributed by atoms with Gasteiger partial charge >= 0.3 is 0 Å². The van der Waals surface area contributed by atoms with Crippen molar-refractivity contribution in [1.29, 1.82) is 0 Å². The smallest absolute Gasteiger partial charge is 0.148 e. The maximum Gasteiger partial charge on any atom is 0.148 e. The first-order valence-electron chi connectivity index (χ1n) is 6.69. The summed E-state index contributed by atoms with van der Waals surface area (Å²) in [6.07, 6.45) is 0.0730. The first-order valence-corrected chi connectivity index (χ1v) is 6.69. The molecule has 2 aromatic rings. The molecule has 2 rings (SSSR count). The molecule has 0 radical (unpaired) electrons. The summed E-state index contributed by atoms with van der Waals surface area (Å²) in [6, 6.07) is 9.71. The number of halogens is 1. The quantitative estimate of drug-likeness (QED) is 0.817. The Labute approximate surface area is 122 Å². The number of anilines is 1. The highest BCUT2D eigenvalue weighted by Crippen LogP contribution is 2.17. The zero-order chi connectivity index (χ0) is 15.1. The lowest BCUT2D eigenvalue weighted by molar-refractivity contribution is 0.0615. The molecule has 0 amide bonds. The number of aromatic nitrogens is 2. The van der Waals surface area contributed by atoms with Crippen LogP contribution in [-0.4, -0.2) is 41.7 Å². The van der Waals surface area contributed by atoms with Crippen molar-refractivity contribution in [3.63, 3.8) is 0 Å². The fraction of sp³-hybridized carbons (Fsp3) is 0.333. The van der Waals surface area contributed by atoms with Crippen molar-refractivity contribution in [2.75, 3.05) is 25.6 Å². The molecule has 1 unspecified atom stereocenters. The van der Waals surface area contributed by atoms with Gasteiger partial charge in [-0.1, -0.05) is 0 Å². The fourth-order valence-corrected chi connectivity index (χ4v) is 1.84. The first kappa shape index (κ1) is 15.3. The molecule has 0 aliphatic rings. The van der Waals surface area contributed by atoms with E-state index < -0.39 is 6.10 Å². The minimum Gasteiger partial charge on any atom is -0.391 e. The summed E-state index contributed by atoms with van der Waals surface area (Å²) in [5, 5.41) is 20.7. The average Bonchev–Trinajstić information content (AvgIpc) is 2.49. The van der Waals surface area contributed by atoms with Crippen molar-refractivity contribution in [1.82, 2.24) is 10.2 Å². The Morgan fingerprint density at radius 2 is 1.95 bits per heavy atom. The van der Waals surface area contributed by atoms with Crippen LogP contribution in [0, 0.1) is 5.82 Å². The number of hydrogen-bond acceptors (Lipinski definition) is 5. The Kier molecular flexibility index (Phi) is 5.59. The molecule has 21 heavy (non-hydrogen) atoms. The molecule has 1 aromatic heterocycles. The predicted octanol–water partition coefficient (Wildman–Crippen LogP) is 2.09. The number of nitrogens with one attached hydrogen (secondary N) is 1. The summed E-state index contributed by atoms with van der Waals surface area (Å²) in [7, 11) is 1.55. The topological polar surface area (TPSA) is 67.3 Å². The van der Waals surface area contributed by atoms with Gasteiger partial charge in [-0.05, 0) is 42.8 Å². The molecule has 0 saturated carbocycles. The number of ether oxygens (including phenoxy) is 1. The van der Waals surface area contributed by atoms with E-state index in [1.165, 1.54) is 12.1 Å². The van der Waals surface area contributed by atoms with Gasteiger partial charge in [0.05, 0.1) is 18.4 Å². The molecule has 0 spiro atoms.